The lowest BCUT2D eigenvalue weighted by Gasteiger charge is -2.32. The molecule has 1 fully saturated rings. The summed E-state index contributed by atoms with van der Waals surface area (Å²) < 4.78 is 27.0. The highest BCUT2D eigenvalue weighted by Crippen LogP contribution is 2.23. The van der Waals surface area contributed by atoms with Crippen LogP contribution in [0.3, 0.4) is 0 Å². The highest BCUT2D eigenvalue weighted by atomic mass is 32.2. The Morgan fingerprint density at radius 1 is 1.32 bits per heavy atom. The highest BCUT2D eigenvalue weighted by molar-refractivity contribution is 7.89. The Morgan fingerprint density at radius 2 is 2.05 bits per heavy atom. The summed E-state index contributed by atoms with van der Waals surface area (Å²) in [5.74, 6) is 0. The van der Waals surface area contributed by atoms with E-state index < -0.39 is 10.0 Å². The van der Waals surface area contributed by atoms with Gasteiger partial charge in [0.25, 0.3) is 0 Å². The maximum absolute atomic E-state index is 12.7. The first-order valence-electron chi connectivity index (χ1n) is 6.70. The molecule has 1 atom stereocenters. The number of aryl methyl sites for hydroxylation is 2. The van der Waals surface area contributed by atoms with E-state index in [0.717, 1.165) is 24.0 Å². The SMILES string of the molecule is CNC1CCCN(S(=O)(=O)c2ccc(C)cc2C)C1. The van der Waals surface area contributed by atoms with Crippen LogP contribution in [0.2, 0.25) is 0 Å². The van der Waals surface area contributed by atoms with Gasteiger partial charge in [-0.2, -0.15) is 4.31 Å². The normalized spacial score (nSPS) is 21.5. The van der Waals surface area contributed by atoms with Crippen LogP contribution in [0.5, 0.6) is 0 Å². The molecule has 2 rings (SSSR count). The molecule has 106 valence electrons. The largest absolute Gasteiger partial charge is 0.316 e. The lowest BCUT2D eigenvalue weighted by atomic mass is 10.1. The molecule has 0 spiro atoms. The lowest BCUT2D eigenvalue weighted by Crippen LogP contribution is -2.46. The number of nitrogens with zero attached hydrogens (tertiary/aromatic N) is 1. The molecule has 1 aliphatic heterocycles. The average Bonchev–Trinajstić information content (AvgIpc) is 2.38. The van der Waals surface area contributed by atoms with Crippen LogP contribution >= 0.6 is 0 Å². The molecule has 1 saturated heterocycles. The minimum absolute atomic E-state index is 0.259. The van der Waals surface area contributed by atoms with E-state index in [1.807, 2.05) is 33.0 Å². The quantitative estimate of drug-likeness (QED) is 0.917. The number of sulfonamides is 1. The van der Waals surface area contributed by atoms with Gasteiger partial charge in [-0.3, -0.25) is 0 Å². The van der Waals surface area contributed by atoms with Crippen LogP contribution in [0.4, 0.5) is 0 Å². The van der Waals surface area contributed by atoms with Gasteiger partial charge in [-0.05, 0) is 45.4 Å². The molecule has 0 radical (unpaired) electrons. The molecule has 1 aromatic carbocycles. The molecule has 1 aliphatic rings. The van der Waals surface area contributed by atoms with Gasteiger partial charge in [0.15, 0.2) is 0 Å². The van der Waals surface area contributed by atoms with Crippen LogP contribution in [0.15, 0.2) is 23.1 Å². The van der Waals surface area contributed by atoms with Gasteiger partial charge in [0, 0.05) is 19.1 Å². The number of nitrogens with one attached hydrogen (secondary N) is 1. The first-order valence-corrected chi connectivity index (χ1v) is 8.14. The van der Waals surface area contributed by atoms with Crippen LogP contribution in [-0.2, 0) is 10.0 Å². The third-order valence-electron chi connectivity index (χ3n) is 3.74. The van der Waals surface area contributed by atoms with Crippen molar-refractivity contribution in [2.45, 2.75) is 37.6 Å². The molecule has 1 N–H and O–H groups in total. The maximum atomic E-state index is 12.7. The summed E-state index contributed by atoms with van der Waals surface area (Å²) in [4.78, 5) is 0.440. The van der Waals surface area contributed by atoms with Gasteiger partial charge in [0.2, 0.25) is 10.0 Å². The Balaban J connectivity index is 2.31. The number of likely N-dealkylation sites (N-methyl/N-ethyl adjacent to an activating group) is 1. The van der Waals surface area contributed by atoms with Crippen LogP contribution in [-0.4, -0.2) is 38.9 Å². The second kappa shape index (κ2) is 5.61. The summed E-state index contributed by atoms with van der Waals surface area (Å²) >= 11 is 0. The summed E-state index contributed by atoms with van der Waals surface area (Å²) in [6.07, 6.45) is 1.95. The molecular weight excluding hydrogens is 260 g/mol. The van der Waals surface area contributed by atoms with Crippen molar-refractivity contribution in [3.8, 4) is 0 Å². The van der Waals surface area contributed by atoms with Crippen molar-refractivity contribution in [2.24, 2.45) is 0 Å². The highest BCUT2D eigenvalue weighted by Gasteiger charge is 2.30. The monoisotopic (exact) mass is 282 g/mol. The number of benzene rings is 1. The molecule has 0 aliphatic carbocycles. The molecule has 0 aromatic heterocycles. The number of hydrogen-bond acceptors (Lipinski definition) is 3. The molecule has 1 aromatic rings. The van der Waals surface area contributed by atoms with E-state index in [4.69, 9.17) is 0 Å². The first-order chi connectivity index (χ1) is 8.95. The topological polar surface area (TPSA) is 49.4 Å². The first kappa shape index (κ1) is 14.5. The van der Waals surface area contributed by atoms with Gasteiger partial charge in [0.1, 0.15) is 0 Å². The zero-order chi connectivity index (χ0) is 14.0. The van der Waals surface area contributed by atoms with Crippen molar-refractivity contribution in [3.63, 3.8) is 0 Å². The van der Waals surface area contributed by atoms with Gasteiger partial charge in [-0.25, -0.2) is 8.42 Å². The molecule has 4 nitrogen and oxygen atoms in total. The molecule has 1 heterocycles. The summed E-state index contributed by atoms with van der Waals surface area (Å²) in [7, 11) is -1.47. The Morgan fingerprint density at radius 3 is 2.68 bits per heavy atom. The van der Waals surface area contributed by atoms with E-state index >= 15 is 0 Å². The van der Waals surface area contributed by atoms with Crippen LogP contribution in [0.25, 0.3) is 0 Å². The van der Waals surface area contributed by atoms with Crippen molar-refractivity contribution < 1.29 is 8.42 Å². The fourth-order valence-corrected chi connectivity index (χ4v) is 4.35. The van der Waals surface area contributed by atoms with Gasteiger partial charge >= 0.3 is 0 Å². The van der Waals surface area contributed by atoms with Crippen LogP contribution in [0, 0.1) is 13.8 Å². The molecule has 0 saturated carbocycles. The number of piperidine rings is 1. The van der Waals surface area contributed by atoms with Crippen molar-refractivity contribution >= 4 is 10.0 Å². The summed E-state index contributed by atoms with van der Waals surface area (Å²) in [5, 5.41) is 3.18. The third kappa shape index (κ3) is 2.99. The van der Waals surface area contributed by atoms with Gasteiger partial charge in [0.05, 0.1) is 4.90 Å². The Kier molecular flexibility index (Phi) is 4.28. The summed E-state index contributed by atoms with van der Waals surface area (Å²) in [5.41, 5.74) is 1.91. The van der Waals surface area contributed by atoms with Crippen molar-refractivity contribution in [3.05, 3.63) is 29.3 Å². The van der Waals surface area contributed by atoms with E-state index in [9.17, 15) is 8.42 Å². The predicted molar refractivity (Wildman–Crippen MR) is 76.8 cm³/mol. The third-order valence-corrected chi connectivity index (χ3v) is 5.77. The van der Waals surface area contributed by atoms with E-state index in [0.29, 0.717) is 18.0 Å². The van der Waals surface area contributed by atoms with E-state index in [1.54, 1.807) is 10.4 Å². The second-order valence-electron chi connectivity index (χ2n) is 5.26. The van der Waals surface area contributed by atoms with Crippen molar-refractivity contribution in [1.29, 1.82) is 0 Å². The minimum Gasteiger partial charge on any atom is -0.316 e. The van der Waals surface area contributed by atoms with Crippen LogP contribution in [0.1, 0.15) is 24.0 Å². The smallest absolute Gasteiger partial charge is 0.243 e. The Labute approximate surface area is 115 Å². The average molecular weight is 282 g/mol. The van der Waals surface area contributed by atoms with Crippen molar-refractivity contribution in [2.75, 3.05) is 20.1 Å². The molecule has 0 amide bonds. The number of rotatable bonds is 3. The maximum Gasteiger partial charge on any atom is 0.243 e. The van der Waals surface area contributed by atoms with Crippen molar-refractivity contribution in [1.82, 2.24) is 9.62 Å². The van der Waals surface area contributed by atoms with Gasteiger partial charge in [-0.15, -0.1) is 0 Å². The van der Waals surface area contributed by atoms with E-state index in [2.05, 4.69) is 5.32 Å². The standard InChI is InChI=1S/C14H22N2O2S/c1-11-6-7-14(12(2)9-11)19(17,18)16-8-4-5-13(10-16)15-3/h6-7,9,13,15H,4-5,8,10H2,1-3H3. The second-order valence-corrected chi connectivity index (χ2v) is 7.17. The minimum atomic E-state index is -3.36. The van der Waals surface area contributed by atoms with E-state index in [-0.39, 0.29) is 6.04 Å². The Hall–Kier alpha value is -0.910. The Bertz CT molecular complexity index is 555. The van der Waals surface area contributed by atoms with E-state index in [1.165, 1.54) is 0 Å². The molecule has 0 bridgehead atoms. The summed E-state index contributed by atoms with van der Waals surface area (Å²) in [6, 6.07) is 5.77. The van der Waals surface area contributed by atoms with Gasteiger partial charge < -0.3 is 5.32 Å². The van der Waals surface area contributed by atoms with Gasteiger partial charge in [-0.1, -0.05) is 17.7 Å². The van der Waals surface area contributed by atoms with Crippen LogP contribution < -0.4 is 5.32 Å². The molecule has 1 unspecified atom stereocenters. The molecule has 5 heteroatoms. The zero-order valence-corrected chi connectivity index (χ0v) is 12.6. The fraction of sp³-hybridized carbons (Fsp3) is 0.571. The summed E-state index contributed by atoms with van der Waals surface area (Å²) in [6.45, 7) is 5.01. The predicted octanol–water partition coefficient (Wildman–Crippen LogP) is 1.68. The molecular formula is C14H22N2O2S. The fourth-order valence-electron chi connectivity index (χ4n) is 2.62. The zero-order valence-electron chi connectivity index (χ0n) is 11.8. The lowest BCUT2D eigenvalue weighted by molar-refractivity contribution is 0.292. The number of hydrogen-bond donors (Lipinski definition) is 1. The molecule has 19 heavy (non-hydrogen) atoms.